The Morgan fingerprint density at radius 3 is 2.29 bits per heavy atom. The smallest absolute Gasteiger partial charge is 0.274 e. The Kier molecular flexibility index (Phi) is 7.03. The topological polar surface area (TPSA) is 180 Å². The lowest BCUT2D eigenvalue weighted by molar-refractivity contribution is -0.126. The van der Waals surface area contributed by atoms with E-state index in [1.54, 1.807) is 19.1 Å². The highest BCUT2D eigenvalue weighted by molar-refractivity contribution is 7.86. The fourth-order valence-corrected chi connectivity index (χ4v) is 3.78. The van der Waals surface area contributed by atoms with E-state index in [0.717, 1.165) is 24.1 Å². The number of rotatable bonds is 7. The van der Waals surface area contributed by atoms with Crippen molar-refractivity contribution in [2.45, 2.75) is 26.8 Å². The van der Waals surface area contributed by atoms with Crippen molar-refractivity contribution in [3.05, 3.63) is 58.7 Å². The van der Waals surface area contributed by atoms with E-state index in [0.29, 0.717) is 5.69 Å². The molecule has 13 heteroatoms. The number of carbonyl (C=O) groups is 5. The van der Waals surface area contributed by atoms with Crippen molar-refractivity contribution < 1.29 is 36.9 Å². The maximum Gasteiger partial charge on any atom is 0.274 e. The van der Waals surface area contributed by atoms with Crippen molar-refractivity contribution in [1.29, 1.82) is 0 Å². The van der Waals surface area contributed by atoms with E-state index < -0.39 is 51.3 Å². The third kappa shape index (κ3) is 5.70. The predicted molar refractivity (Wildman–Crippen MR) is 122 cm³/mol. The molecule has 4 amide bonds. The van der Waals surface area contributed by atoms with Crippen molar-refractivity contribution >= 4 is 50.9 Å². The van der Waals surface area contributed by atoms with Crippen LogP contribution < -0.4 is 5.32 Å². The molecular formula is C22H20N4O8S. The molecule has 35 heavy (non-hydrogen) atoms. The number of azo groups is 1. The van der Waals surface area contributed by atoms with E-state index >= 15 is 0 Å². The molecule has 1 aliphatic rings. The summed E-state index contributed by atoms with van der Waals surface area (Å²) in [6.07, 6.45) is 0. The van der Waals surface area contributed by atoms with Crippen LogP contribution in [0.4, 0.5) is 11.4 Å². The molecule has 0 bridgehead atoms. The third-order valence-electron chi connectivity index (χ3n) is 4.99. The molecule has 0 aliphatic carbocycles. The van der Waals surface area contributed by atoms with Crippen LogP contribution in [0.15, 0.2) is 46.6 Å². The molecule has 2 aromatic carbocycles. The first kappa shape index (κ1) is 25.5. The number of hydrogen-bond acceptors (Lipinski definition) is 9. The van der Waals surface area contributed by atoms with Gasteiger partial charge in [-0.05, 0) is 50.6 Å². The average Bonchev–Trinajstić information content (AvgIpc) is 2.98. The molecule has 0 fully saturated rings. The summed E-state index contributed by atoms with van der Waals surface area (Å²) in [6, 6.07) is 7.39. The van der Waals surface area contributed by atoms with E-state index in [1.165, 1.54) is 12.1 Å². The Balaban J connectivity index is 1.82. The molecule has 2 N–H and O–H groups in total. The number of nitrogens with one attached hydrogen (secondary N) is 1. The highest BCUT2D eigenvalue weighted by atomic mass is 32.2. The first-order valence-electron chi connectivity index (χ1n) is 10.1. The molecule has 0 aromatic heterocycles. The van der Waals surface area contributed by atoms with Gasteiger partial charge in [-0.3, -0.25) is 28.5 Å². The zero-order valence-corrected chi connectivity index (χ0v) is 19.6. The number of aryl methyl sites for hydroxylation is 2. The van der Waals surface area contributed by atoms with Gasteiger partial charge in [-0.1, -0.05) is 17.7 Å². The van der Waals surface area contributed by atoms with Gasteiger partial charge < -0.3 is 5.32 Å². The maximum atomic E-state index is 12.6. The Morgan fingerprint density at radius 2 is 1.69 bits per heavy atom. The van der Waals surface area contributed by atoms with E-state index in [4.69, 9.17) is 4.55 Å². The molecule has 0 spiro atoms. The fraction of sp³-hybridized carbons (Fsp3) is 0.227. The lowest BCUT2D eigenvalue weighted by Gasteiger charge is -2.12. The quantitative estimate of drug-likeness (QED) is 0.251. The van der Waals surface area contributed by atoms with Crippen LogP contribution in [0.25, 0.3) is 0 Å². The van der Waals surface area contributed by atoms with E-state index in [9.17, 15) is 32.4 Å². The van der Waals surface area contributed by atoms with Gasteiger partial charge in [-0.15, -0.1) is 0 Å². The number of fused-ring (bicyclic) bond motifs is 1. The van der Waals surface area contributed by atoms with Gasteiger partial charge in [-0.2, -0.15) is 18.6 Å². The van der Waals surface area contributed by atoms with Crippen molar-refractivity contribution in [1.82, 2.24) is 4.90 Å². The van der Waals surface area contributed by atoms with Gasteiger partial charge in [0, 0.05) is 5.69 Å². The molecular weight excluding hydrogens is 480 g/mol. The molecule has 1 heterocycles. The summed E-state index contributed by atoms with van der Waals surface area (Å²) < 4.78 is 30.7. The number of Topliss-reactive ketones (excluding diaryl/α,β-unsaturated/α-hetero) is 1. The maximum absolute atomic E-state index is 12.6. The number of ketones is 1. The van der Waals surface area contributed by atoms with E-state index in [-0.39, 0.29) is 21.7 Å². The van der Waals surface area contributed by atoms with Gasteiger partial charge in [-0.25, -0.2) is 4.90 Å². The van der Waals surface area contributed by atoms with E-state index in [1.807, 2.05) is 13.0 Å². The Hall–Kier alpha value is -4.10. The molecule has 1 unspecified atom stereocenters. The molecule has 3 rings (SSSR count). The molecule has 0 radical (unpaired) electrons. The summed E-state index contributed by atoms with van der Waals surface area (Å²) in [6.45, 7) is 4.85. The summed E-state index contributed by atoms with van der Waals surface area (Å²) >= 11 is 0. The highest BCUT2D eigenvalue weighted by Crippen LogP contribution is 2.28. The lowest BCUT2D eigenvalue weighted by atomic mass is 10.1. The zero-order chi connectivity index (χ0) is 26.1. The zero-order valence-electron chi connectivity index (χ0n) is 18.8. The molecule has 1 aliphatic heterocycles. The average molecular weight is 500 g/mol. The van der Waals surface area contributed by atoms with E-state index in [2.05, 4.69) is 15.5 Å². The van der Waals surface area contributed by atoms with Crippen LogP contribution in [-0.2, 0) is 24.5 Å². The lowest BCUT2D eigenvalue weighted by Crippen LogP contribution is -2.39. The second kappa shape index (κ2) is 9.64. The molecule has 0 saturated carbocycles. The normalized spacial score (nSPS) is 14.2. The number of nitrogens with zero attached hydrogens (tertiary/aromatic N) is 3. The fourth-order valence-electron chi connectivity index (χ4n) is 3.34. The first-order chi connectivity index (χ1) is 16.3. The minimum absolute atomic E-state index is 0.000421. The Labute approximate surface area is 199 Å². The van der Waals surface area contributed by atoms with Crippen LogP contribution in [-0.4, -0.2) is 59.1 Å². The molecule has 12 nitrogen and oxygen atoms in total. The van der Waals surface area contributed by atoms with Crippen LogP contribution in [0.3, 0.4) is 0 Å². The minimum atomic E-state index is -4.76. The Morgan fingerprint density at radius 1 is 1.03 bits per heavy atom. The Bertz CT molecular complexity index is 1410. The number of amides is 4. The van der Waals surface area contributed by atoms with Gasteiger partial charge >= 0.3 is 0 Å². The first-order valence-corrected chi connectivity index (χ1v) is 11.7. The molecule has 182 valence electrons. The largest absolute Gasteiger partial charge is 0.324 e. The molecule has 0 saturated heterocycles. The standard InChI is InChI=1S/C22H20N4O8S/c1-11-4-7-17(12(2)8-11)23-20(29)19(13(3)27)25-24-14-5-6-15-16(9-14)22(31)26(21(15)30)18(28)10-35(32,33)34/h4-9,19H,10H2,1-3H3,(H,23,29)(H,32,33,34). The van der Waals surface area contributed by atoms with Crippen LogP contribution in [0.5, 0.6) is 0 Å². The van der Waals surface area contributed by atoms with Gasteiger partial charge in [0.25, 0.3) is 33.7 Å². The van der Waals surface area contributed by atoms with Crippen molar-refractivity contribution in [3.8, 4) is 0 Å². The number of hydrogen-bond donors (Lipinski definition) is 2. The summed E-state index contributed by atoms with van der Waals surface area (Å²) in [7, 11) is -4.76. The monoisotopic (exact) mass is 500 g/mol. The van der Waals surface area contributed by atoms with Gasteiger partial charge in [0.05, 0.1) is 16.8 Å². The van der Waals surface area contributed by atoms with Crippen molar-refractivity contribution in [2.24, 2.45) is 10.2 Å². The molecule has 2 aromatic rings. The second-order valence-corrected chi connectivity index (χ2v) is 9.28. The van der Waals surface area contributed by atoms with Crippen LogP contribution in [0.2, 0.25) is 0 Å². The van der Waals surface area contributed by atoms with Gasteiger partial charge in [0.15, 0.2) is 11.5 Å². The number of imide groups is 3. The predicted octanol–water partition coefficient (Wildman–Crippen LogP) is 1.99. The second-order valence-electron chi connectivity index (χ2n) is 7.83. The summed E-state index contributed by atoms with van der Waals surface area (Å²) in [4.78, 5) is 61.7. The number of carbonyl (C=O) groups excluding carboxylic acids is 5. The third-order valence-corrected chi connectivity index (χ3v) is 5.60. The summed E-state index contributed by atoms with van der Waals surface area (Å²) in [5, 5.41) is 10.2. The van der Waals surface area contributed by atoms with Crippen LogP contribution in [0, 0.1) is 13.8 Å². The number of benzene rings is 2. The van der Waals surface area contributed by atoms with Crippen molar-refractivity contribution in [3.63, 3.8) is 0 Å². The minimum Gasteiger partial charge on any atom is -0.324 e. The highest BCUT2D eigenvalue weighted by Gasteiger charge is 2.41. The van der Waals surface area contributed by atoms with Crippen molar-refractivity contribution in [2.75, 3.05) is 11.1 Å². The van der Waals surface area contributed by atoms with Crippen LogP contribution >= 0.6 is 0 Å². The number of anilines is 1. The van der Waals surface area contributed by atoms with Crippen LogP contribution in [0.1, 0.15) is 38.8 Å². The van der Waals surface area contributed by atoms with Gasteiger partial charge in [0.2, 0.25) is 6.04 Å². The summed E-state index contributed by atoms with van der Waals surface area (Å²) in [5.74, 6) is -6.33. The SMILES string of the molecule is CC(=O)C(N=Nc1ccc2c(c1)C(=O)N(C(=O)CS(=O)(=O)O)C2=O)C(=O)Nc1ccc(C)cc1C. The molecule has 1 atom stereocenters. The van der Waals surface area contributed by atoms with Gasteiger partial charge in [0.1, 0.15) is 0 Å². The summed E-state index contributed by atoms with van der Waals surface area (Å²) in [5.41, 5.74) is 1.83.